The first-order valence-electron chi connectivity index (χ1n) is 2.65. The zero-order chi connectivity index (χ0) is 6.57. The maximum atomic E-state index is 11.4. The van der Waals surface area contributed by atoms with Crippen LogP contribution in [0.5, 0.6) is 0 Å². The fraction of sp³-hybridized carbons (Fsp3) is 1.00. The molecule has 0 aliphatic rings. The lowest BCUT2D eigenvalue weighted by Crippen LogP contribution is -2.13. The number of alkyl halides is 2. The number of halogens is 2. The summed E-state index contributed by atoms with van der Waals surface area (Å²) in [7, 11) is 0. The van der Waals surface area contributed by atoms with Crippen molar-refractivity contribution in [2.24, 2.45) is 11.7 Å². The molecule has 50 valence electrons. The van der Waals surface area contributed by atoms with Crippen LogP contribution in [0.4, 0.5) is 8.78 Å². The van der Waals surface area contributed by atoms with Crippen LogP contribution in [0.25, 0.3) is 0 Å². The molecule has 0 rings (SSSR count). The fourth-order valence-corrected chi connectivity index (χ4v) is 0.400. The third-order valence-corrected chi connectivity index (χ3v) is 0.983. The summed E-state index contributed by atoms with van der Waals surface area (Å²) in [6, 6.07) is 0. The van der Waals surface area contributed by atoms with E-state index in [1.54, 1.807) is 6.92 Å². The third-order valence-electron chi connectivity index (χ3n) is 0.983. The molecule has 0 aromatic carbocycles. The number of rotatable bonds is 3. The molecule has 0 aromatic rings. The Kier molecular flexibility index (Phi) is 3.69. The van der Waals surface area contributed by atoms with Crippen molar-refractivity contribution in [3.05, 3.63) is 0 Å². The molecular formula is C5H11F2N. The topological polar surface area (TPSA) is 26.0 Å². The molecule has 1 nitrogen and oxygen atoms in total. The molecule has 1 atom stereocenters. The highest BCUT2D eigenvalue weighted by atomic mass is 19.3. The van der Waals surface area contributed by atoms with E-state index in [1.165, 1.54) is 0 Å². The fourth-order valence-electron chi connectivity index (χ4n) is 0.400. The van der Waals surface area contributed by atoms with E-state index < -0.39 is 6.43 Å². The molecule has 0 saturated heterocycles. The van der Waals surface area contributed by atoms with E-state index in [1.807, 2.05) is 0 Å². The monoisotopic (exact) mass is 123 g/mol. The molecule has 0 radical (unpaired) electrons. The predicted octanol–water partition coefficient (Wildman–Crippen LogP) is 1.24. The van der Waals surface area contributed by atoms with Gasteiger partial charge in [0.05, 0.1) is 0 Å². The molecule has 0 unspecified atom stereocenters. The van der Waals surface area contributed by atoms with Gasteiger partial charge in [0, 0.05) is 6.42 Å². The van der Waals surface area contributed by atoms with Gasteiger partial charge >= 0.3 is 0 Å². The van der Waals surface area contributed by atoms with Crippen LogP contribution in [-0.4, -0.2) is 13.0 Å². The minimum atomic E-state index is -2.20. The van der Waals surface area contributed by atoms with Crippen molar-refractivity contribution in [2.75, 3.05) is 6.54 Å². The molecule has 0 aromatic heterocycles. The Morgan fingerprint density at radius 3 is 2.12 bits per heavy atom. The van der Waals surface area contributed by atoms with Gasteiger partial charge in [-0.25, -0.2) is 8.78 Å². The van der Waals surface area contributed by atoms with Crippen molar-refractivity contribution in [1.82, 2.24) is 0 Å². The average molecular weight is 123 g/mol. The van der Waals surface area contributed by atoms with E-state index in [9.17, 15) is 8.78 Å². The molecule has 0 heterocycles. The van der Waals surface area contributed by atoms with Crippen molar-refractivity contribution in [1.29, 1.82) is 0 Å². The average Bonchev–Trinajstić information content (AvgIpc) is 1.65. The number of nitrogens with two attached hydrogens (primary N) is 1. The largest absolute Gasteiger partial charge is 0.330 e. The second-order valence-electron chi connectivity index (χ2n) is 1.97. The van der Waals surface area contributed by atoms with E-state index in [-0.39, 0.29) is 12.3 Å². The Bertz CT molecular complexity index is 56.4. The molecule has 0 spiro atoms. The summed E-state index contributed by atoms with van der Waals surface area (Å²) >= 11 is 0. The van der Waals surface area contributed by atoms with Gasteiger partial charge in [0.15, 0.2) is 0 Å². The smallest absolute Gasteiger partial charge is 0.238 e. The zero-order valence-electron chi connectivity index (χ0n) is 4.90. The second-order valence-corrected chi connectivity index (χ2v) is 1.97. The summed E-state index contributed by atoms with van der Waals surface area (Å²) in [6.45, 7) is 2.07. The first-order valence-corrected chi connectivity index (χ1v) is 2.65. The third kappa shape index (κ3) is 3.99. The van der Waals surface area contributed by atoms with Crippen LogP contribution in [0.15, 0.2) is 0 Å². The van der Waals surface area contributed by atoms with E-state index in [2.05, 4.69) is 0 Å². The highest BCUT2D eigenvalue weighted by Gasteiger charge is 2.07. The lowest BCUT2D eigenvalue weighted by Gasteiger charge is -2.04. The minimum absolute atomic E-state index is 0.0463. The van der Waals surface area contributed by atoms with E-state index in [0.717, 1.165) is 0 Å². The molecule has 8 heavy (non-hydrogen) atoms. The van der Waals surface area contributed by atoms with Crippen LogP contribution in [0.2, 0.25) is 0 Å². The van der Waals surface area contributed by atoms with Crippen LogP contribution >= 0.6 is 0 Å². The quantitative estimate of drug-likeness (QED) is 0.600. The molecule has 2 N–H and O–H groups in total. The first kappa shape index (κ1) is 7.82. The van der Waals surface area contributed by atoms with Gasteiger partial charge in [0.1, 0.15) is 0 Å². The van der Waals surface area contributed by atoms with Crippen molar-refractivity contribution in [3.63, 3.8) is 0 Å². The molecule has 0 amide bonds. The zero-order valence-corrected chi connectivity index (χ0v) is 4.90. The molecule has 0 fully saturated rings. The van der Waals surface area contributed by atoms with Gasteiger partial charge in [0.2, 0.25) is 6.43 Å². The van der Waals surface area contributed by atoms with Gasteiger partial charge in [-0.05, 0) is 12.5 Å². The highest BCUT2D eigenvalue weighted by Crippen LogP contribution is 2.07. The number of hydrogen-bond donors (Lipinski definition) is 1. The van der Waals surface area contributed by atoms with E-state index >= 15 is 0 Å². The van der Waals surface area contributed by atoms with Gasteiger partial charge in [0.25, 0.3) is 0 Å². The summed E-state index contributed by atoms with van der Waals surface area (Å²) in [5.74, 6) is -0.0463. The predicted molar refractivity (Wildman–Crippen MR) is 28.8 cm³/mol. The van der Waals surface area contributed by atoms with Crippen molar-refractivity contribution in [2.45, 2.75) is 19.8 Å². The van der Waals surface area contributed by atoms with Crippen molar-refractivity contribution in [3.8, 4) is 0 Å². The van der Waals surface area contributed by atoms with E-state index in [0.29, 0.717) is 6.54 Å². The van der Waals surface area contributed by atoms with Gasteiger partial charge in [-0.15, -0.1) is 0 Å². The molecule has 3 heteroatoms. The molecule has 0 aliphatic carbocycles. The molecule has 0 saturated carbocycles. The maximum Gasteiger partial charge on any atom is 0.238 e. The van der Waals surface area contributed by atoms with Crippen LogP contribution in [0, 0.1) is 5.92 Å². The van der Waals surface area contributed by atoms with Crippen LogP contribution in [-0.2, 0) is 0 Å². The SMILES string of the molecule is C[C@@H](CN)CC(F)F. The number of hydrogen-bond acceptors (Lipinski definition) is 1. The summed E-state index contributed by atoms with van der Waals surface area (Å²) in [5, 5.41) is 0. The Morgan fingerprint density at radius 1 is 1.50 bits per heavy atom. The lowest BCUT2D eigenvalue weighted by molar-refractivity contribution is 0.119. The highest BCUT2D eigenvalue weighted by molar-refractivity contribution is 4.53. The first-order chi connectivity index (χ1) is 3.66. The Hall–Kier alpha value is -0.180. The van der Waals surface area contributed by atoms with Gasteiger partial charge < -0.3 is 5.73 Å². The Morgan fingerprint density at radius 2 is 2.00 bits per heavy atom. The summed E-state index contributed by atoms with van der Waals surface area (Å²) in [6.07, 6.45) is -2.27. The molecule has 0 aliphatic heterocycles. The van der Waals surface area contributed by atoms with Gasteiger partial charge in [-0.1, -0.05) is 6.92 Å². The maximum absolute atomic E-state index is 11.4. The van der Waals surface area contributed by atoms with Crippen LogP contribution < -0.4 is 5.73 Å². The summed E-state index contributed by atoms with van der Waals surface area (Å²) < 4.78 is 22.8. The summed E-state index contributed by atoms with van der Waals surface area (Å²) in [5.41, 5.74) is 5.09. The van der Waals surface area contributed by atoms with E-state index in [4.69, 9.17) is 5.73 Å². The minimum Gasteiger partial charge on any atom is -0.330 e. The molecular weight excluding hydrogens is 112 g/mol. The molecule has 0 bridgehead atoms. The van der Waals surface area contributed by atoms with Crippen molar-refractivity contribution >= 4 is 0 Å². The Labute approximate surface area is 47.9 Å². The Balaban J connectivity index is 3.10. The van der Waals surface area contributed by atoms with Crippen LogP contribution in [0.3, 0.4) is 0 Å². The van der Waals surface area contributed by atoms with Gasteiger partial charge in [-0.3, -0.25) is 0 Å². The van der Waals surface area contributed by atoms with Crippen LogP contribution in [0.1, 0.15) is 13.3 Å². The second kappa shape index (κ2) is 3.78. The summed E-state index contributed by atoms with van der Waals surface area (Å²) in [4.78, 5) is 0. The normalized spacial score (nSPS) is 14.6. The van der Waals surface area contributed by atoms with Crippen molar-refractivity contribution < 1.29 is 8.78 Å². The standard InChI is InChI=1S/C5H11F2N/c1-4(3-8)2-5(6)7/h4-5H,2-3,8H2,1H3/t4-/m1/s1. The van der Waals surface area contributed by atoms with Gasteiger partial charge in [-0.2, -0.15) is 0 Å². The lowest BCUT2D eigenvalue weighted by atomic mass is 10.1.